The molecule has 0 bridgehead atoms. The highest BCUT2D eigenvalue weighted by Crippen LogP contribution is 2.47. The van der Waals surface area contributed by atoms with Crippen LogP contribution in [0.2, 0.25) is 0 Å². The maximum absolute atomic E-state index is 2.37. The third kappa shape index (κ3) is 4.56. The highest BCUT2D eigenvalue weighted by molar-refractivity contribution is 6.03. The second-order valence-electron chi connectivity index (χ2n) is 10.7. The van der Waals surface area contributed by atoms with E-state index in [1.807, 2.05) is 0 Å². The molecule has 1 heteroatoms. The first-order valence-electron chi connectivity index (χ1n) is 14.2. The van der Waals surface area contributed by atoms with Gasteiger partial charge in [-0.05, 0) is 93.7 Å². The van der Waals surface area contributed by atoms with Gasteiger partial charge in [0.1, 0.15) is 0 Å². The van der Waals surface area contributed by atoms with Crippen LogP contribution in [0, 0.1) is 13.8 Å². The Kier molecular flexibility index (Phi) is 6.34. The van der Waals surface area contributed by atoms with Gasteiger partial charge in [0.2, 0.25) is 0 Å². The van der Waals surface area contributed by atoms with Crippen LogP contribution in [0.3, 0.4) is 0 Å². The minimum Gasteiger partial charge on any atom is -0.316 e. The molecule has 1 nitrogen and oxygen atoms in total. The molecule has 0 amide bonds. The second-order valence-corrected chi connectivity index (χ2v) is 10.7. The lowest BCUT2D eigenvalue weighted by atomic mass is 9.99. The zero-order chi connectivity index (χ0) is 27.8. The monoisotopic (exact) mass is 525 g/mol. The van der Waals surface area contributed by atoms with Gasteiger partial charge in [0, 0.05) is 23.1 Å². The molecule has 6 aromatic rings. The Bertz CT molecular complexity index is 1880. The molecule has 0 aliphatic heterocycles. The molecule has 0 fully saturated rings. The highest BCUT2D eigenvalue weighted by atomic mass is 15.1. The molecule has 1 aliphatic rings. The van der Waals surface area contributed by atoms with E-state index in [4.69, 9.17) is 0 Å². The number of aryl methyl sites for hydroxylation is 2. The Balaban J connectivity index is 1.40. The van der Waals surface area contributed by atoms with Crippen molar-refractivity contribution in [2.45, 2.75) is 13.8 Å². The summed E-state index contributed by atoms with van der Waals surface area (Å²) in [5, 5.41) is 0. The fourth-order valence-electron chi connectivity index (χ4n) is 6.06. The molecule has 0 aromatic heterocycles. The summed E-state index contributed by atoms with van der Waals surface area (Å²) in [7, 11) is 0. The Morgan fingerprint density at radius 1 is 0.439 bits per heavy atom. The maximum atomic E-state index is 2.37. The van der Waals surface area contributed by atoms with Gasteiger partial charge < -0.3 is 4.90 Å². The molecule has 0 saturated heterocycles. The van der Waals surface area contributed by atoms with E-state index in [2.05, 4.69) is 171 Å². The summed E-state index contributed by atoms with van der Waals surface area (Å²) in [4.78, 5) is 2.37. The van der Waals surface area contributed by atoms with Crippen LogP contribution in [-0.2, 0) is 0 Å². The first-order chi connectivity index (χ1) is 20.2. The number of hydrogen-bond acceptors (Lipinski definition) is 1. The van der Waals surface area contributed by atoms with Crippen LogP contribution >= 0.6 is 0 Å². The summed E-state index contributed by atoms with van der Waals surface area (Å²) in [5.74, 6) is 0. The van der Waals surface area contributed by atoms with Crippen molar-refractivity contribution >= 4 is 16.9 Å². The molecule has 0 heterocycles. The van der Waals surface area contributed by atoms with E-state index < -0.39 is 0 Å². The first-order valence-corrected chi connectivity index (χ1v) is 14.2. The number of nitrogens with zero attached hydrogens (tertiary/aromatic N) is 1. The Morgan fingerprint density at radius 2 is 1.00 bits per heavy atom. The zero-order valence-corrected chi connectivity index (χ0v) is 23.4. The third-order valence-corrected chi connectivity index (χ3v) is 8.12. The molecule has 0 radical (unpaired) electrons. The topological polar surface area (TPSA) is 3.24 Å². The van der Waals surface area contributed by atoms with Crippen molar-refractivity contribution in [2.75, 3.05) is 4.90 Å². The van der Waals surface area contributed by atoms with E-state index in [1.165, 1.54) is 66.9 Å². The van der Waals surface area contributed by atoms with Gasteiger partial charge in [-0.1, -0.05) is 121 Å². The molecular formula is C40H31N. The van der Waals surface area contributed by atoms with Crippen molar-refractivity contribution in [3.05, 3.63) is 174 Å². The normalized spacial score (nSPS) is 12.7. The summed E-state index contributed by atoms with van der Waals surface area (Å²) in [6.45, 7) is 4.44. The molecule has 0 unspecified atom stereocenters. The largest absolute Gasteiger partial charge is 0.316 e. The molecule has 6 aromatic carbocycles. The van der Waals surface area contributed by atoms with E-state index in [1.54, 1.807) is 0 Å². The zero-order valence-electron chi connectivity index (χ0n) is 23.4. The third-order valence-electron chi connectivity index (χ3n) is 8.12. The van der Waals surface area contributed by atoms with Crippen molar-refractivity contribution in [1.29, 1.82) is 0 Å². The molecule has 41 heavy (non-hydrogen) atoms. The molecule has 0 atom stereocenters. The standard InChI is InChI=1S/C40H31N/c1-28-12-11-19-37-35-17-9-10-18-36(35)38(40(28)37)27-41(34-23-20-32(21-24-34)30-13-5-3-6-14-30)39-25-22-33(26-29(39)2)31-15-7-4-8-16-31/h3-27H,1-2H3/b38-27-. The fraction of sp³-hybridized carbons (Fsp3) is 0.0500. The maximum Gasteiger partial charge on any atom is 0.0485 e. The quantitative estimate of drug-likeness (QED) is 0.216. The van der Waals surface area contributed by atoms with Crippen molar-refractivity contribution in [2.24, 2.45) is 0 Å². The van der Waals surface area contributed by atoms with Gasteiger partial charge in [-0.2, -0.15) is 0 Å². The van der Waals surface area contributed by atoms with Gasteiger partial charge in [0.15, 0.2) is 0 Å². The molecule has 0 saturated carbocycles. The second kappa shape index (κ2) is 10.4. The van der Waals surface area contributed by atoms with Crippen LogP contribution in [0.25, 0.3) is 39.0 Å². The van der Waals surface area contributed by atoms with Gasteiger partial charge >= 0.3 is 0 Å². The Morgan fingerprint density at radius 3 is 1.68 bits per heavy atom. The van der Waals surface area contributed by atoms with E-state index in [9.17, 15) is 0 Å². The average molecular weight is 526 g/mol. The molecule has 7 rings (SSSR count). The predicted molar refractivity (Wildman–Crippen MR) is 174 cm³/mol. The summed E-state index contributed by atoms with van der Waals surface area (Å²) in [6.07, 6.45) is 2.35. The molecule has 196 valence electrons. The molecule has 1 aliphatic carbocycles. The number of rotatable bonds is 5. The SMILES string of the molecule is Cc1cc(-c2ccccc2)ccc1N(/C=C1/c2ccccc2-c2cccc(C)c21)c1ccc(-c2ccccc2)cc1. The lowest BCUT2D eigenvalue weighted by molar-refractivity contribution is 1.25. The van der Waals surface area contributed by atoms with Gasteiger partial charge in [-0.3, -0.25) is 0 Å². The van der Waals surface area contributed by atoms with Crippen molar-refractivity contribution in [3.63, 3.8) is 0 Å². The van der Waals surface area contributed by atoms with Crippen LogP contribution < -0.4 is 4.90 Å². The first kappa shape index (κ1) is 24.9. The molecular weight excluding hydrogens is 494 g/mol. The van der Waals surface area contributed by atoms with Crippen LogP contribution in [0.1, 0.15) is 22.3 Å². The van der Waals surface area contributed by atoms with Crippen LogP contribution in [-0.4, -0.2) is 0 Å². The average Bonchev–Trinajstić information content (AvgIpc) is 3.35. The van der Waals surface area contributed by atoms with Gasteiger partial charge in [0.25, 0.3) is 0 Å². The summed E-state index contributed by atoms with van der Waals surface area (Å²) in [5.41, 5.74) is 16.2. The highest BCUT2D eigenvalue weighted by Gasteiger charge is 2.26. The van der Waals surface area contributed by atoms with E-state index in [0.717, 1.165) is 5.69 Å². The van der Waals surface area contributed by atoms with Crippen molar-refractivity contribution in [1.82, 2.24) is 0 Å². The number of hydrogen-bond donors (Lipinski definition) is 0. The molecule has 0 spiro atoms. The van der Waals surface area contributed by atoms with E-state index >= 15 is 0 Å². The minimum atomic E-state index is 1.13. The smallest absolute Gasteiger partial charge is 0.0485 e. The van der Waals surface area contributed by atoms with Gasteiger partial charge in [-0.25, -0.2) is 0 Å². The summed E-state index contributed by atoms with van der Waals surface area (Å²) in [6, 6.07) is 52.3. The number of anilines is 2. The van der Waals surface area contributed by atoms with E-state index in [-0.39, 0.29) is 0 Å². The number of fused-ring (bicyclic) bond motifs is 3. The number of benzene rings is 6. The lowest BCUT2D eigenvalue weighted by Crippen LogP contribution is -2.11. The summed E-state index contributed by atoms with van der Waals surface area (Å²) < 4.78 is 0. The Labute approximate surface area is 242 Å². The Hall–Kier alpha value is -5.14. The van der Waals surface area contributed by atoms with Crippen molar-refractivity contribution in [3.8, 4) is 33.4 Å². The van der Waals surface area contributed by atoms with Crippen molar-refractivity contribution < 1.29 is 0 Å². The molecule has 0 N–H and O–H groups in total. The van der Waals surface area contributed by atoms with Crippen LogP contribution in [0.4, 0.5) is 11.4 Å². The predicted octanol–water partition coefficient (Wildman–Crippen LogP) is 10.8. The summed E-state index contributed by atoms with van der Waals surface area (Å²) >= 11 is 0. The van der Waals surface area contributed by atoms with Crippen LogP contribution in [0.15, 0.2) is 152 Å². The van der Waals surface area contributed by atoms with Crippen LogP contribution in [0.5, 0.6) is 0 Å². The van der Waals surface area contributed by atoms with Gasteiger partial charge in [-0.15, -0.1) is 0 Å². The van der Waals surface area contributed by atoms with Gasteiger partial charge in [0.05, 0.1) is 0 Å². The fourth-order valence-corrected chi connectivity index (χ4v) is 6.06. The lowest BCUT2D eigenvalue weighted by Gasteiger charge is -2.25. The van der Waals surface area contributed by atoms with E-state index in [0.29, 0.717) is 0 Å². The minimum absolute atomic E-state index is 1.13.